The first kappa shape index (κ1) is 29.8. The van der Waals surface area contributed by atoms with Crippen molar-refractivity contribution in [2.45, 2.75) is 31.9 Å². The predicted molar refractivity (Wildman–Crippen MR) is 135 cm³/mol. The Morgan fingerprint density at radius 2 is 1.82 bits per heavy atom. The molecule has 0 fully saturated rings. The Kier molecular flexibility index (Phi) is 9.76. The van der Waals surface area contributed by atoms with Gasteiger partial charge in [-0.15, -0.1) is 0 Å². The molecule has 4 atom stereocenters. The van der Waals surface area contributed by atoms with Crippen molar-refractivity contribution in [1.29, 1.82) is 0 Å². The van der Waals surface area contributed by atoms with Gasteiger partial charge in [-0.25, -0.2) is 4.98 Å². The molecular formula is C21H29N5O10P2. The third-order valence-corrected chi connectivity index (χ3v) is 8.78. The quantitative estimate of drug-likeness (QED) is 0.112. The van der Waals surface area contributed by atoms with Gasteiger partial charge >= 0.3 is 21.2 Å². The smallest absolute Gasteiger partial charge is 0.340 e. The fourth-order valence-corrected chi connectivity index (χ4v) is 5.96. The van der Waals surface area contributed by atoms with Crippen LogP contribution < -0.4 is 10.1 Å². The van der Waals surface area contributed by atoms with E-state index < -0.39 is 46.1 Å². The lowest BCUT2D eigenvalue weighted by atomic mass is 10.0. The number of rotatable bonds is 13. The summed E-state index contributed by atoms with van der Waals surface area (Å²) in [6.07, 6.45) is -3.06. The average molecular weight is 573 g/mol. The lowest BCUT2D eigenvalue weighted by Gasteiger charge is -2.26. The van der Waals surface area contributed by atoms with Crippen LogP contribution in [0.4, 0.5) is 5.82 Å². The summed E-state index contributed by atoms with van der Waals surface area (Å²) >= 11 is 0. The number of nitrogens with one attached hydrogen (secondary N) is 1. The molecule has 0 aliphatic rings. The van der Waals surface area contributed by atoms with E-state index >= 15 is 0 Å². The second-order valence-electron chi connectivity index (χ2n) is 8.15. The van der Waals surface area contributed by atoms with Crippen LogP contribution in [-0.2, 0) is 20.2 Å². The largest absolute Gasteiger partial charge is 0.467 e. The van der Waals surface area contributed by atoms with Crippen LogP contribution in [0.3, 0.4) is 0 Å². The van der Waals surface area contributed by atoms with Crippen molar-refractivity contribution >= 4 is 32.2 Å². The summed E-state index contributed by atoms with van der Waals surface area (Å²) in [6, 6.07) is 9.41. The number of aliphatic hydroxyl groups is 3. The summed E-state index contributed by atoms with van der Waals surface area (Å²) in [5.41, 5.74) is 1.16. The normalized spacial score (nSPS) is 16.6. The van der Waals surface area contributed by atoms with E-state index in [1.807, 2.05) is 30.3 Å². The van der Waals surface area contributed by atoms with E-state index in [1.54, 1.807) is 0 Å². The number of fused-ring (bicyclic) bond motifs is 1. The molecule has 3 aromatic rings. The van der Waals surface area contributed by atoms with E-state index in [4.69, 9.17) is 19.0 Å². The van der Waals surface area contributed by atoms with Crippen LogP contribution in [0.25, 0.3) is 11.2 Å². The van der Waals surface area contributed by atoms with Crippen molar-refractivity contribution in [3.63, 3.8) is 0 Å². The number of hydrogen-bond acceptors (Lipinski definition) is 11. The predicted octanol–water partition coefficient (Wildman–Crippen LogP) is 0.943. The Morgan fingerprint density at radius 3 is 2.42 bits per heavy atom. The number of imidazole rings is 1. The Balaban J connectivity index is 1.80. The van der Waals surface area contributed by atoms with Crippen LogP contribution >= 0.6 is 15.2 Å². The van der Waals surface area contributed by atoms with Gasteiger partial charge in [0.2, 0.25) is 0 Å². The van der Waals surface area contributed by atoms with Gasteiger partial charge in [-0.05, 0) is 18.1 Å². The molecule has 0 spiro atoms. The molecule has 2 aromatic heterocycles. The molecule has 15 nitrogen and oxygen atoms in total. The maximum absolute atomic E-state index is 11.9. The monoisotopic (exact) mass is 573 g/mol. The SMILES string of the molecule is C/C=C(/COP(=O)(O)CP(=O)(O)O)[C@@H](O)[C@@H](O)[C@@H](O)n1cnc2c(NCc3ccccc3)nc(OC)nc21. The van der Waals surface area contributed by atoms with Crippen LogP contribution in [0.1, 0.15) is 18.7 Å². The fourth-order valence-electron chi connectivity index (χ4n) is 3.42. The number of aliphatic hydroxyl groups excluding tert-OH is 3. The number of aromatic nitrogens is 4. The summed E-state index contributed by atoms with van der Waals surface area (Å²) < 4.78 is 33.9. The van der Waals surface area contributed by atoms with Gasteiger partial charge in [0, 0.05) is 6.54 Å². The van der Waals surface area contributed by atoms with Gasteiger partial charge in [-0.2, -0.15) is 9.97 Å². The summed E-state index contributed by atoms with van der Waals surface area (Å²) in [5.74, 6) is -1.12. The number of allylic oxidation sites excluding steroid dienone is 1. The average Bonchev–Trinajstić information content (AvgIpc) is 3.29. The highest BCUT2D eigenvalue weighted by atomic mass is 31.2. The molecule has 3 rings (SSSR count). The molecule has 0 saturated carbocycles. The number of anilines is 1. The van der Waals surface area contributed by atoms with Gasteiger partial charge < -0.3 is 44.6 Å². The summed E-state index contributed by atoms with van der Waals surface area (Å²) in [5, 5.41) is 35.3. The summed E-state index contributed by atoms with van der Waals surface area (Å²) in [4.78, 5) is 40.2. The molecule has 7 N–H and O–H groups in total. The molecule has 0 aliphatic heterocycles. The molecule has 38 heavy (non-hydrogen) atoms. The van der Waals surface area contributed by atoms with Crippen LogP contribution in [0, 0.1) is 0 Å². The number of benzene rings is 1. The van der Waals surface area contributed by atoms with Crippen molar-refractivity contribution in [3.8, 4) is 6.01 Å². The minimum atomic E-state index is -4.85. The van der Waals surface area contributed by atoms with Crippen molar-refractivity contribution in [2.24, 2.45) is 0 Å². The molecule has 0 radical (unpaired) electrons. The van der Waals surface area contributed by atoms with Gasteiger partial charge in [0.25, 0.3) is 0 Å². The van der Waals surface area contributed by atoms with E-state index in [2.05, 4.69) is 20.3 Å². The fraction of sp³-hybridized carbons (Fsp3) is 0.381. The highest BCUT2D eigenvalue weighted by molar-refractivity contribution is 7.70. The van der Waals surface area contributed by atoms with Crippen LogP contribution in [0.15, 0.2) is 48.3 Å². The van der Waals surface area contributed by atoms with Crippen molar-refractivity contribution in [1.82, 2.24) is 19.5 Å². The minimum absolute atomic E-state index is 0.0525. The van der Waals surface area contributed by atoms with Crippen molar-refractivity contribution in [2.75, 3.05) is 24.9 Å². The van der Waals surface area contributed by atoms with E-state index in [0.29, 0.717) is 12.4 Å². The zero-order chi connectivity index (χ0) is 28.1. The molecule has 17 heteroatoms. The highest BCUT2D eigenvalue weighted by Crippen LogP contribution is 2.55. The number of hydrogen-bond donors (Lipinski definition) is 7. The maximum atomic E-state index is 11.9. The molecule has 0 bridgehead atoms. The zero-order valence-electron chi connectivity index (χ0n) is 20.4. The van der Waals surface area contributed by atoms with Gasteiger partial charge in [0.05, 0.1) is 20.0 Å². The molecule has 2 heterocycles. The van der Waals surface area contributed by atoms with Gasteiger partial charge in [-0.1, -0.05) is 36.4 Å². The standard InChI is InChI=1S/C21H29N5O10P2/c1-3-14(10-36-38(33,34)12-37(30,31)32)16(27)17(28)20(29)26-11-23-15-18(24-21(35-2)25-19(15)26)22-9-13-7-5-4-6-8-13/h3-8,11,16-17,20,27-29H,9-10,12H2,1-2H3,(H,33,34)(H,22,24,25)(H2,30,31,32)/b14-3-/t16-,17-,20-/m1/s1. The third kappa shape index (κ3) is 7.67. The number of methoxy groups -OCH3 is 1. The second-order valence-corrected chi connectivity index (χ2v) is 12.1. The Bertz CT molecular complexity index is 1360. The molecule has 0 saturated heterocycles. The Morgan fingerprint density at radius 1 is 1.13 bits per heavy atom. The zero-order valence-corrected chi connectivity index (χ0v) is 22.2. The first-order chi connectivity index (χ1) is 17.8. The van der Waals surface area contributed by atoms with Gasteiger partial charge in [0.1, 0.15) is 12.2 Å². The first-order valence-electron chi connectivity index (χ1n) is 11.1. The first-order valence-corrected chi connectivity index (χ1v) is 14.7. The molecule has 1 unspecified atom stereocenters. The Hall–Kier alpha value is -2.71. The van der Waals surface area contributed by atoms with Crippen LogP contribution in [0.2, 0.25) is 0 Å². The third-order valence-electron chi connectivity index (χ3n) is 5.35. The van der Waals surface area contributed by atoms with Gasteiger partial charge in [-0.3, -0.25) is 13.7 Å². The molecule has 0 amide bonds. The maximum Gasteiger partial charge on any atom is 0.340 e. The number of ether oxygens (including phenoxy) is 1. The van der Waals surface area contributed by atoms with E-state index in [0.717, 1.165) is 10.1 Å². The van der Waals surface area contributed by atoms with Crippen LogP contribution in [0.5, 0.6) is 6.01 Å². The lowest BCUT2D eigenvalue weighted by molar-refractivity contribution is -0.0796. The van der Waals surface area contributed by atoms with E-state index in [9.17, 15) is 29.3 Å². The summed E-state index contributed by atoms with van der Waals surface area (Å²) in [6.45, 7) is 1.08. The highest BCUT2D eigenvalue weighted by Gasteiger charge is 2.34. The topological polar surface area (TPSA) is 230 Å². The second kappa shape index (κ2) is 12.4. The molecule has 0 aliphatic carbocycles. The van der Waals surface area contributed by atoms with E-state index in [1.165, 1.54) is 26.4 Å². The molecule has 1 aromatic carbocycles. The lowest BCUT2D eigenvalue weighted by Crippen LogP contribution is -2.37. The van der Waals surface area contributed by atoms with Crippen LogP contribution in [-0.4, -0.2) is 81.3 Å². The van der Waals surface area contributed by atoms with E-state index in [-0.39, 0.29) is 22.7 Å². The minimum Gasteiger partial charge on any atom is -0.467 e. The Labute approximate surface area is 217 Å². The number of nitrogens with zero attached hydrogens (tertiary/aromatic N) is 4. The van der Waals surface area contributed by atoms with Crippen molar-refractivity contribution in [3.05, 3.63) is 53.9 Å². The molecular weight excluding hydrogens is 544 g/mol. The van der Waals surface area contributed by atoms with Crippen molar-refractivity contribution < 1.29 is 48.4 Å². The van der Waals surface area contributed by atoms with Gasteiger partial charge in [0.15, 0.2) is 29.1 Å². The molecule has 208 valence electrons. The summed E-state index contributed by atoms with van der Waals surface area (Å²) in [7, 11) is -8.21.